The quantitative estimate of drug-likeness (QED) is 0.626. The van der Waals surface area contributed by atoms with E-state index < -0.39 is 5.91 Å². The van der Waals surface area contributed by atoms with E-state index in [2.05, 4.69) is 15.5 Å². The number of aromatic nitrogens is 2. The molecule has 8 heteroatoms. The van der Waals surface area contributed by atoms with Crippen LogP contribution in [-0.2, 0) is 4.74 Å². The Morgan fingerprint density at radius 1 is 1.18 bits per heavy atom. The number of ether oxygens (including phenoxy) is 1. The Bertz CT molecular complexity index is 905. The first kappa shape index (κ1) is 20.0. The third kappa shape index (κ3) is 4.58. The van der Waals surface area contributed by atoms with Gasteiger partial charge in [0.1, 0.15) is 5.69 Å². The number of unbranched alkanes of at least 4 members (excludes halogenated alkanes) is 2. The average molecular weight is 399 g/mol. The molecule has 146 valence electrons. The predicted octanol–water partition coefficient (Wildman–Crippen LogP) is 3.47. The van der Waals surface area contributed by atoms with Gasteiger partial charge in [-0.25, -0.2) is 0 Å². The van der Waals surface area contributed by atoms with Crippen molar-refractivity contribution in [2.75, 3.05) is 24.8 Å². The summed E-state index contributed by atoms with van der Waals surface area (Å²) in [6.07, 6.45) is 4.17. The molecule has 2 aromatic rings. The summed E-state index contributed by atoms with van der Waals surface area (Å²) in [5.41, 5.74) is 0.624. The number of hydrogen-bond acceptors (Lipinski definition) is 6. The molecule has 0 aliphatic heterocycles. The van der Waals surface area contributed by atoms with Crippen LogP contribution in [0.2, 0.25) is 0 Å². The monoisotopic (exact) mass is 399 g/mol. The van der Waals surface area contributed by atoms with Crippen molar-refractivity contribution in [3.8, 4) is 0 Å². The van der Waals surface area contributed by atoms with E-state index in [0.29, 0.717) is 23.0 Å². The molecule has 0 saturated carbocycles. The SMILES string of the molecule is COCCCCCSC1=CC(=O)c2[nH]nc(C(=O)Nc3ccccc3)c2C1=O. The van der Waals surface area contributed by atoms with Crippen molar-refractivity contribution in [3.63, 3.8) is 0 Å². The summed E-state index contributed by atoms with van der Waals surface area (Å²) in [6.45, 7) is 0.711. The zero-order chi connectivity index (χ0) is 19.9. The molecule has 1 amide bonds. The molecule has 1 aliphatic carbocycles. The molecule has 1 aliphatic rings. The number of rotatable bonds is 9. The summed E-state index contributed by atoms with van der Waals surface area (Å²) in [4.78, 5) is 38.1. The molecule has 3 rings (SSSR count). The van der Waals surface area contributed by atoms with Gasteiger partial charge in [0.05, 0.1) is 10.5 Å². The Balaban J connectivity index is 1.69. The number of carbonyl (C=O) groups is 3. The number of allylic oxidation sites excluding steroid dienone is 2. The van der Waals surface area contributed by atoms with Crippen LogP contribution in [0.5, 0.6) is 0 Å². The lowest BCUT2D eigenvalue weighted by atomic mass is 9.99. The molecule has 1 aromatic carbocycles. The Hall–Kier alpha value is -2.71. The Kier molecular flexibility index (Phi) is 6.78. The van der Waals surface area contributed by atoms with Gasteiger partial charge in [0.25, 0.3) is 5.91 Å². The van der Waals surface area contributed by atoms with Crippen LogP contribution in [0.3, 0.4) is 0 Å². The molecule has 0 radical (unpaired) electrons. The lowest BCUT2D eigenvalue weighted by Gasteiger charge is -2.12. The van der Waals surface area contributed by atoms with E-state index in [1.54, 1.807) is 31.4 Å². The van der Waals surface area contributed by atoms with Gasteiger partial charge < -0.3 is 10.1 Å². The van der Waals surface area contributed by atoms with Gasteiger partial charge in [0.15, 0.2) is 5.69 Å². The Morgan fingerprint density at radius 2 is 1.96 bits per heavy atom. The van der Waals surface area contributed by atoms with Crippen molar-refractivity contribution in [2.24, 2.45) is 0 Å². The number of aromatic amines is 1. The third-order valence-electron chi connectivity index (χ3n) is 4.22. The number of Topliss-reactive ketones (excluding diaryl/α,β-unsaturated/α-hetero) is 1. The second-order valence-corrected chi connectivity index (χ2v) is 7.38. The first-order chi connectivity index (χ1) is 13.6. The van der Waals surface area contributed by atoms with Gasteiger partial charge in [-0.1, -0.05) is 24.6 Å². The predicted molar refractivity (Wildman–Crippen MR) is 108 cm³/mol. The second-order valence-electron chi connectivity index (χ2n) is 6.25. The highest BCUT2D eigenvalue weighted by molar-refractivity contribution is 8.04. The standard InChI is InChI=1S/C20H21N3O4S/c1-27-10-6-3-7-11-28-15-12-14(24)17-16(19(15)25)18(23-22-17)20(26)21-13-8-4-2-5-9-13/h2,4-5,8-9,12H,3,6-7,10-11H2,1H3,(H,21,26)(H,22,23). The highest BCUT2D eigenvalue weighted by Gasteiger charge is 2.33. The molecule has 0 fully saturated rings. The zero-order valence-electron chi connectivity index (χ0n) is 15.5. The fraction of sp³-hybridized carbons (Fsp3) is 0.300. The van der Waals surface area contributed by atoms with Crippen LogP contribution in [0.1, 0.15) is 50.6 Å². The third-order valence-corrected chi connectivity index (χ3v) is 5.33. The van der Waals surface area contributed by atoms with Gasteiger partial charge in [-0.2, -0.15) is 5.10 Å². The van der Waals surface area contributed by atoms with Crippen molar-refractivity contribution in [2.45, 2.75) is 19.3 Å². The molecule has 0 bridgehead atoms. The molecule has 7 nitrogen and oxygen atoms in total. The smallest absolute Gasteiger partial charge is 0.276 e. The number of para-hydroxylation sites is 1. The number of ketones is 2. The van der Waals surface area contributed by atoms with E-state index in [-0.39, 0.29) is 28.5 Å². The van der Waals surface area contributed by atoms with Crippen LogP contribution in [0.15, 0.2) is 41.3 Å². The van der Waals surface area contributed by atoms with Crippen LogP contribution in [0, 0.1) is 0 Å². The highest BCUT2D eigenvalue weighted by Crippen LogP contribution is 2.30. The molecular weight excluding hydrogens is 378 g/mol. The molecule has 2 N–H and O–H groups in total. The summed E-state index contributed by atoms with van der Waals surface area (Å²) in [7, 11) is 1.67. The number of carbonyl (C=O) groups excluding carboxylic acids is 3. The maximum atomic E-state index is 12.9. The van der Waals surface area contributed by atoms with Crippen LogP contribution < -0.4 is 5.32 Å². The minimum atomic E-state index is -0.532. The van der Waals surface area contributed by atoms with Gasteiger partial charge in [-0.3, -0.25) is 19.5 Å². The summed E-state index contributed by atoms with van der Waals surface area (Å²) in [6, 6.07) is 8.87. The second kappa shape index (κ2) is 9.48. The van der Waals surface area contributed by atoms with Crippen LogP contribution in [0.25, 0.3) is 0 Å². The first-order valence-electron chi connectivity index (χ1n) is 8.99. The fourth-order valence-electron chi connectivity index (χ4n) is 2.81. The van der Waals surface area contributed by atoms with Crippen molar-refractivity contribution < 1.29 is 19.1 Å². The Morgan fingerprint density at radius 3 is 2.71 bits per heavy atom. The summed E-state index contributed by atoms with van der Waals surface area (Å²) in [5.74, 6) is -0.505. The average Bonchev–Trinajstić information content (AvgIpc) is 3.15. The maximum absolute atomic E-state index is 12.9. The molecule has 0 atom stereocenters. The number of hydrogen-bond donors (Lipinski definition) is 2. The number of H-pyrrole nitrogens is 1. The first-order valence-corrected chi connectivity index (χ1v) is 9.97. The molecule has 28 heavy (non-hydrogen) atoms. The number of fused-ring (bicyclic) bond motifs is 1. The molecular formula is C20H21N3O4S. The topological polar surface area (TPSA) is 101 Å². The number of nitrogens with zero attached hydrogens (tertiary/aromatic N) is 1. The molecule has 0 spiro atoms. The van der Waals surface area contributed by atoms with Gasteiger partial charge in [0, 0.05) is 25.5 Å². The maximum Gasteiger partial charge on any atom is 0.276 e. The van der Waals surface area contributed by atoms with Crippen LogP contribution in [-0.4, -0.2) is 47.1 Å². The van der Waals surface area contributed by atoms with Crippen molar-refractivity contribution >= 4 is 34.9 Å². The number of methoxy groups -OCH3 is 1. The normalized spacial score (nSPS) is 13.2. The largest absolute Gasteiger partial charge is 0.385 e. The van der Waals surface area contributed by atoms with Crippen LogP contribution >= 0.6 is 11.8 Å². The lowest BCUT2D eigenvalue weighted by Crippen LogP contribution is -2.20. The number of anilines is 1. The van der Waals surface area contributed by atoms with Crippen molar-refractivity contribution in [1.29, 1.82) is 0 Å². The Labute approximate surface area is 166 Å². The van der Waals surface area contributed by atoms with Crippen molar-refractivity contribution in [3.05, 3.63) is 58.3 Å². The minimum absolute atomic E-state index is 0.0443. The van der Waals surface area contributed by atoms with Crippen LogP contribution in [0.4, 0.5) is 5.69 Å². The van der Waals surface area contributed by atoms with Gasteiger partial charge in [-0.15, -0.1) is 11.8 Å². The molecule has 1 aromatic heterocycles. The van der Waals surface area contributed by atoms with E-state index in [1.165, 1.54) is 17.8 Å². The van der Waals surface area contributed by atoms with Crippen molar-refractivity contribution in [1.82, 2.24) is 10.2 Å². The van der Waals surface area contributed by atoms with E-state index in [1.807, 2.05) is 6.07 Å². The van der Waals surface area contributed by atoms with E-state index >= 15 is 0 Å². The number of thioether (sulfide) groups is 1. The van der Waals surface area contributed by atoms with Gasteiger partial charge in [0.2, 0.25) is 11.6 Å². The number of amides is 1. The molecule has 0 saturated heterocycles. The minimum Gasteiger partial charge on any atom is -0.385 e. The summed E-state index contributed by atoms with van der Waals surface area (Å²) in [5, 5.41) is 9.15. The summed E-state index contributed by atoms with van der Waals surface area (Å²) < 4.78 is 5.01. The van der Waals surface area contributed by atoms with E-state index in [9.17, 15) is 14.4 Å². The van der Waals surface area contributed by atoms with Gasteiger partial charge >= 0.3 is 0 Å². The molecule has 0 unspecified atom stereocenters. The highest BCUT2D eigenvalue weighted by atomic mass is 32.2. The van der Waals surface area contributed by atoms with E-state index in [0.717, 1.165) is 19.3 Å². The molecule has 1 heterocycles. The fourth-order valence-corrected chi connectivity index (χ4v) is 3.80. The van der Waals surface area contributed by atoms with E-state index in [4.69, 9.17) is 4.74 Å². The summed E-state index contributed by atoms with van der Waals surface area (Å²) >= 11 is 1.34. The number of nitrogens with one attached hydrogen (secondary N) is 2. The zero-order valence-corrected chi connectivity index (χ0v) is 16.3. The lowest BCUT2D eigenvalue weighted by molar-refractivity contribution is 0.0979. The van der Waals surface area contributed by atoms with Gasteiger partial charge in [-0.05, 0) is 30.7 Å². The number of benzene rings is 1.